The van der Waals surface area contributed by atoms with Crippen molar-refractivity contribution in [3.8, 4) is 0 Å². The van der Waals surface area contributed by atoms with Crippen LogP contribution in [0.4, 0.5) is 11.4 Å². The average Bonchev–Trinajstić information content (AvgIpc) is 2.96. The van der Waals surface area contributed by atoms with Crippen molar-refractivity contribution in [3.05, 3.63) is 51.8 Å². The van der Waals surface area contributed by atoms with Crippen LogP contribution in [0.5, 0.6) is 0 Å². The van der Waals surface area contributed by atoms with Crippen molar-refractivity contribution in [2.45, 2.75) is 13.0 Å². The first-order valence-electron chi connectivity index (χ1n) is 6.14. The summed E-state index contributed by atoms with van der Waals surface area (Å²) in [6.07, 6.45) is 2.77. The van der Waals surface area contributed by atoms with E-state index < -0.39 is 0 Å². The third-order valence-corrected chi connectivity index (χ3v) is 3.39. The van der Waals surface area contributed by atoms with E-state index in [-0.39, 0.29) is 10.6 Å². The number of nitro benzene ring substituents is 1. The summed E-state index contributed by atoms with van der Waals surface area (Å²) in [4.78, 5) is 12.6. The molecule has 6 heteroatoms. The zero-order valence-corrected chi connectivity index (χ0v) is 10.6. The Labute approximate surface area is 110 Å². The molecule has 0 saturated heterocycles. The number of rotatable bonds is 3. The maximum atomic E-state index is 10.8. The summed E-state index contributed by atoms with van der Waals surface area (Å²) in [5.41, 5.74) is 3.30. The molecule has 1 aromatic carbocycles. The van der Waals surface area contributed by atoms with Crippen molar-refractivity contribution in [1.29, 1.82) is 0 Å². The van der Waals surface area contributed by atoms with E-state index in [1.54, 1.807) is 16.8 Å². The molecule has 1 aliphatic rings. The first-order valence-corrected chi connectivity index (χ1v) is 6.14. The molecule has 0 spiro atoms. The van der Waals surface area contributed by atoms with Gasteiger partial charge in [-0.05, 0) is 24.1 Å². The number of aromatic nitrogens is 2. The molecule has 3 rings (SSSR count). The van der Waals surface area contributed by atoms with Gasteiger partial charge < -0.3 is 4.90 Å². The van der Waals surface area contributed by atoms with E-state index in [2.05, 4.69) is 10.00 Å². The van der Waals surface area contributed by atoms with Gasteiger partial charge in [-0.1, -0.05) is 0 Å². The number of aryl methyl sites for hydroxylation is 1. The lowest BCUT2D eigenvalue weighted by Crippen LogP contribution is -2.20. The summed E-state index contributed by atoms with van der Waals surface area (Å²) in [5.74, 6) is 0. The van der Waals surface area contributed by atoms with Gasteiger partial charge in [0.2, 0.25) is 0 Å². The third kappa shape index (κ3) is 2.16. The molecule has 0 fully saturated rings. The van der Waals surface area contributed by atoms with Crippen LogP contribution in [0.15, 0.2) is 30.5 Å². The molecular weight excluding hydrogens is 244 g/mol. The number of hydrogen-bond donors (Lipinski definition) is 0. The van der Waals surface area contributed by atoms with Crippen LogP contribution < -0.4 is 4.90 Å². The van der Waals surface area contributed by atoms with Crippen LogP contribution >= 0.6 is 0 Å². The molecule has 1 aliphatic heterocycles. The number of benzene rings is 1. The van der Waals surface area contributed by atoms with Crippen molar-refractivity contribution < 1.29 is 4.92 Å². The highest BCUT2D eigenvalue weighted by Crippen LogP contribution is 2.31. The number of fused-ring (bicyclic) bond motifs is 1. The van der Waals surface area contributed by atoms with Gasteiger partial charge in [0.05, 0.1) is 17.2 Å². The summed E-state index contributed by atoms with van der Waals surface area (Å²) >= 11 is 0. The number of non-ortho nitro benzene ring substituents is 1. The Morgan fingerprint density at radius 3 is 2.95 bits per heavy atom. The summed E-state index contributed by atoms with van der Waals surface area (Å²) < 4.78 is 1.78. The molecular formula is C13H14N4O2. The molecule has 2 heterocycles. The molecule has 0 aliphatic carbocycles. The van der Waals surface area contributed by atoms with E-state index in [1.807, 2.05) is 25.4 Å². The van der Waals surface area contributed by atoms with Crippen LogP contribution in [0, 0.1) is 10.1 Å². The van der Waals surface area contributed by atoms with Gasteiger partial charge in [0, 0.05) is 37.6 Å². The van der Waals surface area contributed by atoms with Gasteiger partial charge in [-0.3, -0.25) is 14.8 Å². The van der Waals surface area contributed by atoms with Gasteiger partial charge in [-0.25, -0.2) is 0 Å². The second-order valence-corrected chi connectivity index (χ2v) is 4.72. The van der Waals surface area contributed by atoms with Gasteiger partial charge in [0.15, 0.2) is 0 Å². The van der Waals surface area contributed by atoms with Crippen molar-refractivity contribution in [1.82, 2.24) is 9.78 Å². The normalized spacial score (nSPS) is 13.6. The molecule has 6 nitrogen and oxygen atoms in total. The minimum absolute atomic E-state index is 0.165. The van der Waals surface area contributed by atoms with Crippen molar-refractivity contribution >= 4 is 11.4 Å². The number of hydrogen-bond acceptors (Lipinski definition) is 4. The summed E-state index contributed by atoms with van der Waals surface area (Å²) in [7, 11) is 1.89. The lowest BCUT2D eigenvalue weighted by molar-refractivity contribution is -0.384. The largest absolute Gasteiger partial charge is 0.365 e. The summed E-state index contributed by atoms with van der Waals surface area (Å²) in [6, 6.07) is 7.07. The predicted octanol–water partition coefficient (Wildman–Crippen LogP) is 1.89. The Morgan fingerprint density at radius 2 is 2.26 bits per heavy atom. The molecule has 0 saturated carbocycles. The standard InChI is InChI=1S/C13H14N4O2/c1-15-6-5-11(14-15)9-16-7-4-10-8-12(17(18)19)2-3-13(10)16/h2-3,5-6,8H,4,7,9H2,1H3. The Kier molecular flexibility index (Phi) is 2.70. The van der Waals surface area contributed by atoms with E-state index in [0.29, 0.717) is 0 Å². The van der Waals surface area contributed by atoms with Gasteiger partial charge in [0.25, 0.3) is 5.69 Å². The zero-order valence-electron chi connectivity index (χ0n) is 10.6. The van der Waals surface area contributed by atoms with E-state index in [4.69, 9.17) is 0 Å². The molecule has 0 radical (unpaired) electrons. The summed E-state index contributed by atoms with van der Waals surface area (Å²) in [5, 5.41) is 15.1. The van der Waals surface area contributed by atoms with Gasteiger partial charge in [-0.2, -0.15) is 5.10 Å². The van der Waals surface area contributed by atoms with E-state index in [1.165, 1.54) is 0 Å². The summed E-state index contributed by atoms with van der Waals surface area (Å²) in [6.45, 7) is 1.62. The number of nitro groups is 1. The van der Waals surface area contributed by atoms with E-state index >= 15 is 0 Å². The lowest BCUT2D eigenvalue weighted by atomic mass is 10.1. The van der Waals surface area contributed by atoms with Crippen LogP contribution in [0.3, 0.4) is 0 Å². The molecule has 0 unspecified atom stereocenters. The van der Waals surface area contributed by atoms with Gasteiger partial charge in [0.1, 0.15) is 0 Å². The molecule has 98 valence electrons. The molecule has 0 bridgehead atoms. The van der Waals surface area contributed by atoms with Crippen LogP contribution in [-0.4, -0.2) is 21.2 Å². The quantitative estimate of drug-likeness (QED) is 0.623. The maximum absolute atomic E-state index is 10.8. The van der Waals surface area contributed by atoms with Crippen molar-refractivity contribution in [2.24, 2.45) is 7.05 Å². The fraction of sp³-hybridized carbons (Fsp3) is 0.308. The topological polar surface area (TPSA) is 64.2 Å². The highest BCUT2D eigenvalue weighted by Gasteiger charge is 2.22. The molecule has 1 aromatic heterocycles. The molecule has 0 N–H and O–H groups in total. The fourth-order valence-electron chi connectivity index (χ4n) is 2.48. The van der Waals surface area contributed by atoms with Crippen LogP contribution in [-0.2, 0) is 20.0 Å². The minimum atomic E-state index is -0.346. The lowest BCUT2D eigenvalue weighted by Gasteiger charge is -2.17. The monoisotopic (exact) mass is 258 g/mol. The highest BCUT2D eigenvalue weighted by molar-refractivity contribution is 5.61. The molecule has 19 heavy (non-hydrogen) atoms. The number of nitrogens with zero attached hydrogens (tertiary/aromatic N) is 4. The first-order chi connectivity index (χ1) is 9.13. The SMILES string of the molecule is Cn1ccc(CN2CCc3cc([N+](=O)[O-])ccc32)n1. The van der Waals surface area contributed by atoms with Crippen molar-refractivity contribution in [3.63, 3.8) is 0 Å². The van der Waals surface area contributed by atoms with E-state index in [9.17, 15) is 10.1 Å². The Hall–Kier alpha value is -2.37. The third-order valence-electron chi connectivity index (χ3n) is 3.39. The van der Waals surface area contributed by atoms with Crippen molar-refractivity contribution in [2.75, 3.05) is 11.4 Å². The number of anilines is 1. The first kappa shape index (κ1) is 11.7. The van der Waals surface area contributed by atoms with Gasteiger partial charge >= 0.3 is 0 Å². The van der Waals surface area contributed by atoms with E-state index in [0.717, 1.165) is 36.5 Å². The molecule has 0 atom stereocenters. The van der Waals surface area contributed by atoms with Gasteiger partial charge in [-0.15, -0.1) is 0 Å². The van der Waals surface area contributed by atoms with Crippen LogP contribution in [0.2, 0.25) is 0 Å². The second-order valence-electron chi connectivity index (χ2n) is 4.72. The zero-order chi connectivity index (χ0) is 13.4. The smallest absolute Gasteiger partial charge is 0.269 e. The molecule has 0 amide bonds. The average molecular weight is 258 g/mol. The molecule has 2 aromatic rings. The predicted molar refractivity (Wildman–Crippen MR) is 71.1 cm³/mol. The Morgan fingerprint density at radius 1 is 1.42 bits per heavy atom. The Bertz CT molecular complexity index is 635. The maximum Gasteiger partial charge on any atom is 0.269 e. The minimum Gasteiger partial charge on any atom is -0.365 e. The Balaban J connectivity index is 1.84. The fourth-order valence-corrected chi connectivity index (χ4v) is 2.48. The van der Waals surface area contributed by atoms with Crippen LogP contribution in [0.1, 0.15) is 11.3 Å². The highest BCUT2D eigenvalue weighted by atomic mass is 16.6. The second kappa shape index (κ2) is 4.38. The van der Waals surface area contributed by atoms with Crippen LogP contribution in [0.25, 0.3) is 0 Å².